The van der Waals surface area contributed by atoms with Crippen LogP contribution in [-0.2, 0) is 14.8 Å². The molecule has 2 N–H and O–H groups in total. The smallest absolute Gasteiger partial charge is 0.238 e. The van der Waals surface area contributed by atoms with Crippen LogP contribution in [0.5, 0.6) is 5.75 Å². The van der Waals surface area contributed by atoms with Gasteiger partial charge in [0.05, 0.1) is 16.5 Å². The number of hydrogen-bond acceptors (Lipinski definition) is 5. The first-order valence-electron chi connectivity index (χ1n) is 7.24. The van der Waals surface area contributed by atoms with Crippen LogP contribution >= 0.6 is 11.6 Å². The maximum absolute atomic E-state index is 11.3. The molecule has 0 amide bonds. The van der Waals surface area contributed by atoms with Crippen molar-refractivity contribution in [3.63, 3.8) is 0 Å². The van der Waals surface area contributed by atoms with Crippen molar-refractivity contribution in [2.45, 2.75) is 29.9 Å². The molecule has 0 radical (unpaired) electrons. The van der Waals surface area contributed by atoms with Crippen LogP contribution < -0.4 is 9.88 Å². The number of primary sulfonamides is 1. The van der Waals surface area contributed by atoms with Gasteiger partial charge in [-0.2, -0.15) is 0 Å². The van der Waals surface area contributed by atoms with Crippen molar-refractivity contribution in [3.05, 3.63) is 23.2 Å². The zero-order chi connectivity index (χ0) is 15.7. The lowest BCUT2D eigenvalue weighted by molar-refractivity contribution is -0.0504. The van der Waals surface area contributed by atoms with Crippen molar-refractivity contribution >= 4 is 21.6 Å². The third-order valence-corrected chi connectivity index (χ3v) is 5.10. The third kappa shape index (κ3) is 3.91. The van der Waals surface area contributed by atoms with Crippen LogP contribution in [0.15, 0.2) is 23.1 Å². The first-order chi connectivity index (χ1) is 10.4. The first-order valence-corrected chi connectivity index (χ1v) is 9.17. The standard InChI is InChI=1S/C14H19ClN2O4S/c15-13-7-12(22(16,18)19)3-4-14(13)21-9-11-8-17(5-6-20-11)10-1-2-10/h3-4,7,10-11H,1-2,5-6,8-9H2,(H2,16,18,19)/t11-/m1/s1. The van der Waals surface area contributed by atoms with Gasteiger partial charge in [0.2, 0.25) is 10.0 Å². The monoisotopic (exact) mass is 346 g/mol. The van der Waals surface area contributed by atoms with Crippen LogP contribution in [0.1, 0.15) is 12.8 Å². The van der Waals surface area contributed by atoms with Gasteiger partial charge in [-0.05, 0) is 31.0 Å². The Morgan fingerprint density at radius 1 is 1.41 bits per heavy atom. The topological polar surface area (TPSA) is 81.9 Å². The Balaban J connectivity index is 1.59. The molecule has 0 spiro atoms. The molecule has 3 rings (SSSR count). The molecule has 1 aromatic carbocycles. The molecule has 122 valence electrons. The molecule has 1 aliphatic heterocycles. The number of nitrogens with zero attached hydrogens (tertiary/aromatic N) is 1. The molecular weight excluding hydrogens is 328 g/mol. The minimum Gasteiger partial charge on any atom is -0.489 e. The second-order valence-electron chi connectivity index (χ2n) is 5.67. The lowest BCUT2D eigenvalue weighted by Gasteiger charge is -2.32. The molecule has 1 aliphatic carbocycles. The SMILES string of the molecule is NS(=O)(=O)c1ccc(OC[C@H]2CN(C3CC3)CCO2)c(Cl)c1. The van der Waals surface area contributed by atoms with Gasteiger partial charge in [0, 0.05) is 19.1 Å². The number of morpholine rings is 1. The lowest BCUT2D eigenvalue weighted by Crippen LogP contribution is -2.45. The summed E-state index contributed by atoms with van der Waals surface area (Å²) in [6.07, 6.45) is 2.55. The molecule has 0 unspecified atom stereocenters. The van der Waals surface area contributed by atoms with Crippen molar-refractivity contribution in [1.82, 2.24) is 4.90 Å². The predicted molar refractivity (Wildman–Crippen MR) is 82.7 cm³/mol. The van der Waals surface area contributed by atoms with E-state index in [0.717, 1.165) is 13.1 Å². The van der Waals surface area contributed by atoms with E-state index in [9.17, 15) is 8.42 Å². The fourth-order valence-corrected chi connectivity index (χ4v) is 3.41. The van der Waals surface area contributed by atoms with Crippen LogP contribution in [0, 0.1) is 0 Å². The Morgan fingerprint density at radius 2 is 2.18 bits per heavy atom. The maximum atomic E-state index is 11.3. The normalized spacial score (nSPS) is 23.5. The highest BCUT2D eigenvalue weighted by atomic mass is 35.5. The van der Waals surface area contributed by atoms with Gasteiger partial charge in [-0.3, -0.25) is 4.90 Å². The summed E-state index contributed by atoms with van der Waals surface area (Å²) >= 11 is 6.05. The van der Waals surface area contributed by atoms with Crippen molar-refractivity contribution in [2.24, 2.45) is 5.14 Å². The Labute approximate surface area is 135 Å². The molecule has 2 fully saturated rings. The summed E-state index contributed by atoms with van der Waals surface area (Å²) in [7, 11) is -3.76. The van der Waals surface area contributed by atoms with Gasteiger partial charge in [-0.1, -0.05) is 11.6 Å². The van der Waals surface area contributed by atoms with Crippen molar-refractivity contribution in [2.75, 3.05) is 26.3 Å². The van der Waals surface area contributed by atoms with Gasteiger partial charge in [0.15, 0.2) is 0 Å². The summed E-state index contributed by atoms with van der Waals surface area (Å²) in [5.74, 6) is 0.432. The number of sulfonamides is 1. The highest BCUT2D eigenvalue weighted by molar-refractivity contribution is 7.89. The summed E-state index contributed by atoms with van der Waals surface area (Å²) in [5.41, 5.74) is 0. The minimum atomic E-state index is -3.76. The molecule has 8 heteroatoms. The van der Waals surface area contributed by atoms with Crippen LogP contribution in [0.25, 0.3) is 0 Å². The molecule has 22 heavy (non-hydrogen) atoms. The lowest BCUT2D eigenvalue weighted by atomic mass is 10.2. The van der Waals surface area contributed by atoms with Crippen LogP contribution in [-0.4, -0.2) is 51.8 Å². The molecule has 1 saturated heterocycles. The second kappa shape index (κ2) is 6.33. The predicted octanol–water partition coefficient (Wildman–Crippen LogP) is 1.23. The molecule has 1 aromatic rings. The van der Waals surface area contributed by atoms with Crippen LogP contribution in [0.2, 0.25) is 5.02 Å². The fraction of sp³-hybridized carbons (Fsp3) is 0.571. The van der Waals surface area contributed by atoms with Gasteiger partial charge < -0.3 is 9.47 Å². The summed E-state index contributed by atoms with van der Waals surface area (Å²) in [5, 5.41) is 5.29. The number of ether oxygens (including phenoxy) is 2. The number of nitrogens with two attached hydrogens (primary N) is 1. The van der Waals surface area contributed by atoms with Crippen LogP contribution in [0.4, 0.5) is 0 Å². The van der Waals surface area contributed by atoms with Crippen molar-refractivity contribution < 1.29 is 17.9 Å². The summed E-state index contributed by atoms with van der Waals surface area (Å²) in [6.45, 7) is 2.93. The van der Waals surface area contributed by atoms with E-state index in [1.165, 1.54) is 31.0 Å². The number of rotatable bonds is 5. The van der Waals surface area contributed by atoms with E-state index in [0.29, 0.717) is 25.0 Å². The summed E-state index contributed by atoms with van der Waals surface area (Å²) in [4.78, 5) is 2.40. The molecule has 0 bridgehead atoms. The van der Waals surface area contributed by atoms with E-state index >= 15 is 0 Å². The van der Waals surface area contributed by atoms with E-state index in [2.05, 4.69) is 4.90 Å². The average Bonchev–Trinajstić information content (AvgIpc) is 3.30. The average molecular weight is 347 g/mol. The number of hydrogen-bond donors (Lipinski definition) is 1. The molecule has 6 nitrogen and oxygen atoms in total. The van der Waals surface area contributed by atoms with Gasteiger partial charge in [-0.25, -0.2) is 13.6 Å². The van der Waals surface area contributed by atoms with E-state index in [1.807, 2.05) is 0 Å². The maximum Gasteiger partial charge on any atom is 0.238 e. The van der Waals surface area contributed by atoms with Gasteiger partial charge in [0.25, 0.3) is 0 Å². The highest BCUT2D eigenvalue weighted by Gasteiger charge is 2.33. The van der Waals surface area contributed by atoms with Gasteiger partial charge >= 0.3 is 0 Å². The van der Waals surface area contributed by atoms with Crippen LogP contribution in [0.3, 0.4) is 0 Å². The summed E-state index contributed by atoms with van der Waals surface area (Å²) < 4.78 is 33.9. The highest BCUT2D eigenvalue weighted by Crippen LogP contribution is 2.29. The first kappa shape index (κ1) is 16.0. The largest absolute Gasteiger partial charge is 0.489 e. The Morgan fingerprint density at radius 3 is 2.82 bits per heavy atom. The fourth-order valence-electron chi connectivity index (χ4n) is 2.57. The van der Waals surface area contributed by atoms with Crippen molar-refractivity contribution in [3.8, 4) is 5.75 Å². The van der Waals surface area contributed by atoms with Gasteiger partial charge in [0.1, 0.15) is 18.5 Å². The second-order valence-corrected chi connectivity index (χ2v) is 7.64. The van der Waals surface area contributed by atoms with E-state index in [1.54, 1.807) is 0 Å². The molecule has 2 aliphatic rings. The molecule has 1 saturated carbocycles. The zero-order valence-electron chi connectivity index (χ0n) is 12.1. The summed E-state index contributed by atoms with van der Waals surface area (Å²) in [6, 6.07) is 4.91. The van der Waals surface area contributed by atoms with Gasteiger partial charge in [-0.15, -0.1) is 0 Å². The Hall–Kier alpha value is -0.860. The third-order valence-electron chi connectivity index (χ3n) is 3.89. The molecule has 1 atom stereocenters. The van der Waals surface area contributed by atoms with E-state index in [-0.39, 0.29) is 16.0 Å². The molecule has 0 aromatic heterocycles. The number of benzene rings is 1. The Bertz CT molecular complexity index is 648. The Kier molecular flexibility index (Phi) is 4.61. The van der Waals surface area contributed by atoms with E-state index < -0.39 is 10.0 Å². The quantitative estimate of drug-likeness (QED) is 0.867. The van der Waals surface area contributed by atoms with E-state index in [4.69, 9.17) is 26.2 Å². The zero-order valence-corrected chi connectivity index (χ0v) is 13.6. The number of halogens is 1. The molecule has 1 heterocycles. The van der Waals surface area contributed by atoms with Crippen molar-refractivity contribution in [1.29, 1.82) is 0 Å². The minimum absolute atomic E-state index is 0.00309. The molecular formula is C14H19ClN2O4S.